The van der Waals surface area contributed by atoms with Crippen LogP contribution in [0.2, 0.25) is 0 Å². The third kappa shape index (κ3) is 5.30. The van der Waals surface area contributed by atoms with E-state index < -0.39 is 21.3 Å². The number of benzene rings is 1. The number of aromatic nitrogens is 3. The summed E-state index contributed by atoms with van der Waals surface area (Å²) in [7, 11) is -1.53. The zero-order valence-corrected chi connectivity index (χ0v) is 18.8. The molecule has 31 heavy (non-hydrogen) atoms. The molecule has 1 N–H and O–H groups in total. The number of nitrogens with one attached hydrogen (secondary N) is 1. The highest BCUT2D eigenvalue weighted by atomic mass is 32.2. The van der Waals surface area contributed by atoms with Crippen molar-refractivity contribution in [2.24, 2.45) is 0 Å². The Bertz CT molecular complexity index is 1110. The van der Waals surface area contributed by atoms with Crippen molar-refractivity contribution in [3.05, 3.63) is 65.6 Å². The van der Waals surface area contributed by atoms with Crippen LogP contribution in [0.3, 0.4) is 0 Å². The molecule has 0 radical (unpaired) electrons. The molecule has 1 aliphatic rings. The van der Waals surface area contributed by atoms with E-state index in [4.69, 9.17) is 4.74 Å². The fourth-order valence-electron chi connectivity index (χ4n) is 3.87. The minimum absolute atomic E-state index is 0.162. The number of hydrogen-bond donors (Lipinski definition) is 1. The van der Waals surface area contributed by atoms with Crippen molar-refractivity contribution < 1.29 is 13.2 Å². The number of aryl methyl sites for hydroxylation is 1. The molecule has 1 aliphatic heterocycles. The van der Waals surface area contributed by atoms with Gasteiger partial charge in [0.15, 0.2) is 11.5 Å². The van der Waals surface area contributed by atoms with Gasteiger partial charge in [-0.1, -0.05) is 36.4 Å². The topological polar surface area (TPSA) is 88.8 Å². The number of rotatable bonds is 8. The molecule has 3 aromatic rings. The fourth-order valence-corrected chi connectivity index (χ4v) is 5.47. The summed E-state index contributed by atoms with van der Waals surface area (Å²) in [5, 5.41) is 8.10. The van der Waals surface area contributed by atoms with E-state index in [0.29, 0.717) is 30.9 Å². The van der Waals surface area contributed by atoms with Crippen molar-refractivity contribution in [1.82, 2.24) is 24.2 Å². The zero-order valence-electron chi connectivity index (χ0n) is 17.9. The summed E-state index contributed by atoms with van der Waals surface area (Å²) in [6, 6.07) is 13.0. The van der Waals surface area contributed by atoms with Gasteiger partial charge in [-0.15, -0.1) is 10.2 Å². The summed E-state index contributed by atoms with van der Waals surface area (Å²) in [5.74, 6) is 0.531. The zero-order chi connectivity index (χ0) is 21.8. The quantitative estimate of drug-likeness (QED) is 0.575. The lowest BCUT2D eigenvalue weighted by molar-refractivity contribution is 0.102. The van der Waals surface area contributed by atoms with Gasteiger partial charge in [0.25, 0.3) is 0 Å². The number of pyridine rings is 1. The molecule has 3 heterocycles. The van der Waals surface area contributed by atoms with Gasteiger partial charge in [0.1, 0.15) is 6.04 Å². The van der Waals surface area contributed by atoms with Crippen molar-refractivity contribution in [2.45, 2.75) is 37.7 Å². The Hall–Kier alpha value is -2.33. The average Bonchev–Trinajstić information content (AvgIpc) is 3.17. The average molecular weight is 444 g/mol. The lowest BCUT2D eigenvalue weighted by Gasteiger charge is -2.30. The molecule has 0 saturated carbocycles. The summed E-state index contributed by atoms with van der Waals surface area (Å²) >= 11 is 0. The molecule has 1 saturated heterocycles. The van der Waals surface area contributed by atoms with Crippen LogP contribution in [0.4, 0.5) is 0 Å². The molecule has 1 unspecified atom stereocenters. The molecule has 4 rings (SSSR count). The van der Waals surface area contributed by atoms with Crippen molar-refractivity contribution in [1.29, 1.82) is 0 Å². The summed E-state index contributed by atoms with van der Waals surface area (Å²) in [4.78, 5) is 2.15. The second kappa shape index (κ2) is 9.44. The van der Waals surface area contributed by atoms with Gasteiger partial charge in [0.05, 0.1) is 18.5 Å². The van der Waals surface area contributed by atoms with E-state index in [1.165, 1.54) is 0 Å². The van der Waals surface area contributed by atoms with Crippen LogP contribution < -0.4 is 4.72 Å². The fraction of sp³-hybridized carbons (Fsp3) is 0.455. The van der Waals surface area contributed by atoms with Crippen LogP contribution >= 0.6 is 0 Å². The van der Waals surface area contributed by atoms with Gasteiger partial charge >= 0.3 is 0 Å². The highest BCUT2D eigenvalue weighted by Crippen LogP contribution is 2.21. The normalized spacial score (nSPS) is 17.2. The van der Waals surface area contributed by atoms with E-state index in [2.05, 4.69) is 19.8 Å². The van der Waals surface area contributed by atoms with Crippen LogP contribution in [0.25, 0.3) is 5.65 Å². The van der Waals surface area contributed by atoms with Crippen LogP contribution in [0.1, 0.15) is 35.8 Å². The van der Waals surface area contributed by atoms with Crippen LogP contribution in [0.5, 0.6) is 0 Å². The SMILES string of the molecule is Cc1ccc2nnc(C(COCc3ccccc3)NS(=O)(=O)C3CCN(C)CC3)n2c1. The lowest BCUT2D eigenvalue weighted by atomic mass is 10.1. The number of hydrogen-bond acceptors (Lipinski definition) is 6. The summed E-state index contributed by atoms with van der Waals surface area (Å²) in [6.07, 6.45) is 3.14. The molecule has 0 bridgehead atoms. The maximum atomic E-state index is 13.2. The van der Waals surface area contributed by atoms with Crippen molar-refractivity contribution in [2.75, 3.05) is 26.7 Å². The second-order valence-electron chi connectivity index (χ2n) is 8.21. The number of likely N-dealkylation sites (tertiary alicyclic amines) is 1. The maximum Gasteiger partial charge on any atom is 0.215 e. The molecule has 1 atom stereocenters. The van der Waals surface area contributed by atoms with Gasteiger partial charge in [-0.2, -0.15) is 0 Å². The van der Waals surface area contributed by atoms with Gasteiger partial charge in [-0.3, -0.25) is 4.40 Å². The van der Waals surface area contributed by atoms with Crippen LogP contribution in [0.15, 0.2) is 48.7 Å². The third-order valence-electron chi connectivity index (χ3n) is 5.70. The van der Waals surface area contributed by atoms with E-state index >= 15 is 0 Å². The van der Waals surface area contributed by atoms with Gasteiger partial charge < -0.3 is 9.64 Å². The Labute approximate surface area is 183 Å². The van der Waals surface area contributed by atoms with Crippen LogP contribution in [-0.2, 0) is 21.4 Å². The number of fused-ring (bicyclic) bond motifs is 1. The monoisotopic (exact) mass is 443 g/mol. The summed E-state index contributed by atoms with van der Waals surface area (Å²) in [6.45, 7) is 4.08. The Morgan fingerprint density at radius 3 is 2.61 bits per heavy atom. The molecule has 9 heteroatoms. The predicted molar refractivity (Wildman–Crippen MR) is 119 cm³/mol. The highest BCUT2D eigenvalue weighted by Gasteiger charge is 2.32. The van der Waals surface area contributed by atoms with E-state index in [9.17, 15) is 8.42 Å². The molecule has 1 aromatic carbocycles. The molecule has 0 amide bonds. The molecule has 0 spiro atoms. The van der Waals surface area contributed by atoms with Gasteiger partial charge in [0.2, 0.25) is 10.0 Å². The minimum atomic E-state index is -3.54. The van der Waals surface area contributed by atoms with E-state index in [1.54, 1.807) is 0 Å². The smallest absolute Gasteiger partial charge is 0.215 e. The standard InChI is InChI=1S/C22H29N5O3S/c1-17-8-9-21-23-24-22(27(21)14-17)20(16-30-15-18-6-4-3-5-7-18)25-31(28,29)19-10-12-26(2)13-11-19/h3-9,14,19-20,25H,10-13,15-16H2,1-2H3. The molecular weight excluding hydrogens is 414 g/mol. The Balaban J connectivity index is 1.56. The first-order chi connectivity index (χ1) is 14.9. The number of piperidine rings is 1. The first kappa shape index (κ1) is 21.9. The molecular formula is C22H29N5O3S. The molecule has 2 aromatic heterocycles. The first-order valence-corrected chi connectivity index (χ1v) is 12.1. The van der Waals surface area contributed by atoms with Crippen LogP contribution in [0, 0.1) is 6.92 Å². The maximum absolute atomic E-state index is 13.2. The molecule has 166 valence electrons. The summed E-state index contributed by atoms with van der Waals surface area (Å²) in [5.41, 5.74) is 2.74. The Morgan fingerprint density at radius 2 is 1.87 bits per heavy atom. The first-order valence-electron chi connectivity index (χ1n) is 10.5. The number of nitrogens with zero attached hydrogens (tertiary/aromatic N) is 4. The lowest BCUT2D eigenvalue weighted by Crippen LogP contribution is -2.44. The second-order valence-corrected chi connectivity index (χ2v) is 10.2. The Morgan fingerprint density at radius 1 is 1.13 bits per heavy atom. The predicted octanol–water partition coefficient (Wildman–Crippen LogP) is 2.31. The number of sulfonamides is 1. The molecule has 8 nitrogen and oxygen atoms in total. The minimum Gasteiger partial charge on any atom is -0.375 e. The molecule has 0 aliphatic carbocycles. The van der Waals surface area contributed by atoms with Gasteiger partial charge in [-0.25, -0.2) is 13.1 Å². The highest BCUT2D eigenvalue weighted by molar-refractivity contribution is 7.90. The number of ether oxygens (including phenoxy) is 1. The van der Waals surface area contributed by atoms with Gasteiger partial charge in [-0.05, 0) is 57.1 Å². The van der Waals surface area contributed by atoms with E-state index in [1.807, 2.05) is 67.0 Å². The molecule has 1 fully saturated rings. The van der Waals surface area contributed by atoms with E-state index in [-0.39, 0.29) is 6.61 Å². The summed E-state index contributed by atoms with van der Waals surface area (Å²) < 4.78 is 37.0. The van der Waals surface area contributed by atoms with Crippen molar-refractivity contribution in [3.63, 3.8) is 0 Å². The van der Waals surface area contributed by atoms with E-state index in [0.717, 1.165) is 24.2 Å². The van der Waals surface area contributed by atoms with Gasteiger partial charge in [0, 0.05) is 6.20 Å². The van der Waals surface area contributed by atoms with Crippen LogP contribution in [-0.4, -0.2) is 59.9 Å². The Kier molecular flexibility index (Phi) is 6.66. The third-order valence-corrected chi connectivity index (χ3v) is 7.66. The van der Waals surface area contributed by atoms with Crippen molar-refractivity contribution >= 4 is 15.7 Å². The largest absolute Gasteiger partial charge is 0.375 e. The van der Waals surface area contributed by atoms with Crippen molar-refractivity contribution in [3.8, 4) is 0 Å².